The number of imidazole rings is 1. The van der Waals surface area contributed by atoms with E-state index in [0.29, 0.717) is 0 Å². The van der Waals surface area contributed by atoms with Crippen molar-refractivity contribution in [3.8, 4) is 0 Å². The third-order valence-corrected chi connectivity index (χ3v) is 3.24. The summed E-state index contributed by atoms with van der Waals surface area (Å²) in [7, 11) is 2.03. The fraction of sp³-hybridized carbons (Fsp3) is 0.625. The minimum atomic E-state index is 1.11. The van der Waals surface area contributed by atoms with Crippen molar-refractivity contribution in [2.75, 3.05) is 11.1 Å². The highest BCUT2D eigenvalue weighted by atomic mass is 79.9. The highest BCUT2D eigenvalue weighted by Gasteiger charge is 1.98. The molecule has 1 heterocycles. The first-order valence-electron chi connectivity index (χ1n) is 4.00. The average molecular weight is 249 g/mol. The van der Waals surface area contributed by atoms with E-state index < -0.39 is 0 Å². The van der Waals surface area contributed by atoms with E-state index in [1.807, 2.05) is 31.2 Å². The maximum Gasteiger partial charge on any atom is 0.167 e. The molecule has 0 saturated carbocycles. The van der Waals surface area contributed by atoms with Gasteiger partial charge in [0.15, 0.2) is 5.16 Å². The summed E-state index contributed by atoms with van der Waals surface area (Å²) >= 11 is 5.24. The summed E-state index contributed by atoms with van der Waals surface area (Å²) in [5.41, 5.74) is 0. The van der Waals surface area contributed by atoms with Gasteiger partial charge in [-0.1, -0.05) is 27.7 Å². The van der Waals surface area contributed by atoms with Gasteiger partial charge in [0.25, 0.3) is 0 Å². The van der Waals surface area contributed by atoms with Gasteiger partial charge < -0.3 is 4.57 Å². The van der Waals surface area contributed by atoms with Gasteiger partial charge in [0.05, 0.1) is 0 Å². The van der Waals surface area contributed by atoms with Gasteiger partial charge in [-0.2, -0.15) is 0 Å². The van der Waals surface area contributed by atoms with E-state index in [0.717, 1.165) is 16.2 Å². The number of aromatic nitrogens is 2. The topological polar surface area (TPSA) is 17.8 Å². The molecule has 0 bridgehead atoms. The summed E-state index contributed by atoms with van der Waals surface area (Å²) in [6, 6.07) is 0. The molecule has 0 radical (unpaired) electrons. The Morgan fingerprint density at radius 2 is 2.42 bits per heavy atom. The summed E-state index contributed by atoms with van der Waals surface area (Å²) < 4.78 is 2.05. The Morgan fingerprint density at radius 3 is 3.00 bits per heavy atom. The molecule has 0 saturated heterocycles. The van der Waals surface area contributed by atoms with Gasteiger partial charge in [0, 0.05) is 30.5 Å². The second kappa shape index (κ2) is 5.65. The van der Waals surface area contributed by atoms with Gasteiger partial charge in [0.2, 0.25) is 0 Å². The quantitative estimate of drug-likeness (QED) is 0.453. The number of hydrogen-bond acceptors (Lipinski definition) is 2. The second-order valence-corrected chi connectivity index (χ2v) is 4.42. The van der Waals surface area contributed by atoms with Gasteiger partial charge in [-0.25, -0.2) is 4.98 Å². The number of alkyl halides is 1. The monoisotopic (exact) mass is 248 g/mol. The fourth-order valence-corrected chi connectivity index (χ4v) is 2.18. The van der Waals surface area contributed by atoms with Crippen molar-refractivity contribution < 1.29 is 0 Å². The van der Waals surface area contributed by atoms with Crippen molar-refractivity contribution in [2.24, 2.45) is 7.05 Å². The maximum absolute atomic E-state index is 4.23. The Morgan fingerprint density at radius 1 is 1.58 bits per heavy atom. The fourth-order valence-electron chi connectivity index (χ4n) is 0.851. The molecule has 0 spiro atoms. The van der Waals surface area contributed by atoms with Crippen molar-refractivity contribution in [3.63, 3.8) is 0 Å². The lowest BCUT2D eigenvalue weighted by Crippen LogP contribution is -1.90. The molecule has 68 valence electrons. The summed E-state index contributed by atoms with van der Waals surface area (Å²) in [4.78, 5) is 4.23. The van der Waals surface area contributed by atoms with Crippen LogP contribution < -0.4 is 0 Å². The number of nitrogens with zero attached hydrogens (tertiary/aromatic N) is 2. The molecule has 0 aliphatic rings. The lowest BCUT2D eigenvalue weighted by atomic mass is 10.4. The number of rotatable bonds is 5. The van der Waals surface area contributed by atoms with Gasteiger partial charge in [0.1, 0.15) is 0 Å². The third-order valence-electron chi connectivity index (χ3n) is 1.54. The van der Waals surface area contributed by atoms with Crippen LogP contribution in [-0.4, -0.2) is 20.6 Å². The number of hydrogen-bond donors (Lipinski definition) is 0. The Labute approximate surface area is 85.9 Å². The van der Waals surface area contributed by atoms with Crippen LogP contribution >= 0.6 is 27.7 Å². The molecule has 12 heavy (non-hydrogen) atoms. The molecule has 1 aromatic rings. The number of halogens is 1. The average Bonchev–Trinajstić information content (AvgIpc) is 2.46. The largest absolute Gasteiger partial charge is 0.329 e. The molecule has 0 aromatic carbocycles. The van der Waals surface area contributed by atoms with Crippen LogP contribution in [0.15, 0.2) is 17.6 Å². The zero-order valence-electron chi connectivity index (χ0n) is 7.16. The molecule has 4 heteroatoms. The number of aryl methyl sites for hydroxylation is 1. The molecule has 0 amide bonds. The zero-order valence-corrected chi connectivity index (χ0v) is 9.57. The molecule has 2 nitrogen and oxygen atoms in total. The van der Waals surface area contributed by atoms with Crippen molar-refractivity contribution in [1.82, 2.24) is 9.55 Å². The van der Waals surface area contributed by atoms with Crippen LogP contribution in [0, 0.1) is 0 Å². The summed E-state index contributed by atoms with van der Waals surface area (Å²) in [5.74, 6) is 1.16. The number of thioether (sulfide) groups is 1. The normalized spacial score (nSPS) is 10.5. The molecule has 0 fully saturated rings. The predicted molar refractivity (Wildman–Crippen MR) is 57.0 cm³/mol. The molecular formula is C8H13BrN2S. The van der Waals surface area contributed by atoms with Crippen molar-refractivity contribution in [2.45, 2.75) is 18.0 Å². The van der Waals surface area contributed by atoms with Crippen LogP contribution in [0.5, 0.6) is 0 Å². The second-order valence-electron chi connectivity index (χ2n) is 2.57. The first-order valence-corrected chi connectivity index (χ1v) is 6.11. The van der Waals surface area contributed by atoms with E-state index in [2.05, 4.69) is 25.5 Å². The van der Waals surface area contributed by atoms with Crippen LogP contribution in [0.3, 0.4) is 0 Å². The Balaban J connectivity index is 2.20. The standard InChI is InChI=1S/C8H13BrN2S/c1-11-6-5-10-8(11)12-7-3-2-4-9/h5-6H,2-4,7H2,1H3. The zero-order chi connectivity index (χ0) is 8.81. The van der Waals surface area contributed by atoms with Gasteiger partial charge in [-0.3, -0.25) is 0 Å². The Hall–Kier alpha value is 0.0400. The highest BCUT2D eigenvalue weighted by Crippen LogP contribution is 2.16. The first kappa shape index (κ1) is 10.1. The van der Waals surface area contributed by atoms with Crippen molar-refractivity contribution >= 4 is 27.7 Å². The molecule has 0 atom stereocenters. The van der Waals surface area contributed by atoms with Crippen LogP contribution in [0.25, 0.3) is 0 Å². The van der Waals surface area contributed by atoms with Gasteiger partial charge in [-0.05, 0) is 12.8 Å². The molecule has 0 aliphatic carbocycles. The van der Waals surface area contributed by atoms with Gasteiger partial charge in [-0.15, -0.1) is 0 Å². The van der Waals surface area contributed by atoms with Crippen molar-refractivity contribution in [3.05, 3.63) is 12.4 Å². The minimum Gasteiger partial charge on any atom is -0.329 e. The minimum absolute atomic E-state index is 1.11. The van der Waals surface area contributed by atoms with E-state index in [4.69, 9.17) is 0 Å². The summed E-state index contributed by atoms with van der Waals surface area (Å²) in [6.45, 7) is 0. The van der Waals surface area contributed by atoms with Crippen LogP contribution in [0.4, 0.5) is 0 Å². The molecule has 0 unspecified atom stereocenters. The molecule has 1 rings (SSSR count). The van der Waals surface area contributed by atoms with Crippen LogP contribution in [-0.2, 0) is 7.05 Å². The van der Waals surface area contributed by atoms with E-state index in [1.54, 1.807) is 0 Å². The predicted octanol–water partition coefficient (Wildman–Crippen LogP) is 2.69. The molecule has 0 aliphatic heterocycles. The Bertz CT molecular complexity index is 225. The highest BCUT2D eigenvalue weighted by molar-refractivity contribution is 9.09. The molecule has 1 aromatic heterocycles. The van der Waals surface area contributed by atoms with E-state index in [-0.39, 0.29) is 0 Å². The SMILES string of the molecule is Cn1ccnc1SCCCCBr. The van der Waals surface area contributed by atoms with Gasteiger partial charge >= 0.3 is 0 Å². The maximum atomic E-state index is 4.23. The van der Waals surface area contributed by atoms with E-state index in [9.17, 15) is 0 Å². The van der Waals surface area contributed by atoms with Crippen LogP contribution in [0.2, 0.25) is 0 Å². The summed E-state index contributed by atoms with van der Waals surface area (Å²) in [6.07, 6.45) is 6.32. The van der Waals surface area contributed by atoms with Crippen molar-refractivity contribution in [1.29, 1.82) is 0 Å². The van der Waals surface area contributed by atoms with Crippen LogP contribution in [0.1, 0.15) is 12.8 Å². The van der Waals surface area contributed by atoms with E-state index >= 15 is 0 Å². The smallest absolute Gasteiger partial charge is 0.167 e. The van der Waals surface area contributed by atoms with E-state index in [1.165, 1.54) is 12.8 Å². The first-order chi connectivity index (χ1) is 5.84. The number of unbranched alkanes of at least 4 members (excludes halogenated alkanes) is 1. The third kappa shape index (κ3) is 3.19. The lowest BCUT2D eigenvalue weighted by Gasteiger charge is -1.99. The lowest BCUT2D eigenvalue weighted by molar-refractivity contribution is 0.787. The summed E-state index contributed by atoms with van der Waals surface area (Å²) in [5, 5.41) is 2.22. The Kier molecular flexibility index (Phi) is 4.76. The molecular weight excluding hydrogens is 236 g/mol. The molecule has 0 N–H and O–H groups in total.